The van der Waals surface area contributed by atoms with Crippen molar-refractivity contribution in [1.82, 2.24) is 5.32 Å². The summed E-state index contributed by atoms with van der Waals surface area (Å²) in [6.45, 7) is 7.72. The fourth-order valence-electron chi connectivity index (χ4n) is 6.47. The monoisotopic (exact) mass is 451 g/mol. The van der Waals surface area contributed by atoms with Crippen molar-refractivity contribution in [3.8, 4) is 0 Å². The summed E-state index contributed by atoms with van der Waals surface area (Å²) in [6.07, 6.45) is 7.05. The molecule has 0 aromatic heterocycles. The number of carbonyl (C=O) groups excluding carboxylic acids is 1. The van der Waals surface area contributed by atoms with Gasteiger partial charge in [-0.1, -0.05) is 67.1 Å². The van der Waals surface area contributed by atoms with E-state index in [-0.39, 0.29) is 23.8 Å². The van der Waals surface area contributed by atoms with Crippen molar-refractivity contribution in [3.63, 3.8) is 0 Å². The highest BCUT2D eigenvalue weighted by molar-refractivity contribution is 5.89. The number of nitrogens with one attached hydrogen (secondary N) is 1. The first-order valence-corrected chi connectivity index (χ1v) is 12.0. The van der Waals surface area contributed by atoms with Crippen LogP contribution in [0.15, 0.2) is 65.8 Å². The number of rotatable bonds is 2. The molecule has 0 radical (unpaired) electrons. The highest BCUT2D eigenvalue weighted by Crippen LogP contribution is 2.56. The van der Waals surface area contributed by atoms with Crippen LogP contribution in [0.2, 0.25) is 0 Å². The third-order valence-electron chi connectivity index (χ3n) is 8.12. The fourth-order valence-corrected chi connectivity index (χ4v) is 6.47. The van der Waals surface area contributed by atoms with Gasteiger partial charge in [-0.05, 0) is 57.1 Å². The first-order valence-electron chi connectivity index (χ1n) is 12.0. The van der Waals surface area contributed by atoms with Gasteiger partial charge < -0.3 is 20.6 Å². The molecule has 4 N–H and O–H groups in total. The fraction of sp³-hybridized carbons (Fsp3) is 0.536. The molecule has 4 rings (SSSR count). The first-order chi connectivity index (χ1) is 15.6. The number of aliphatic hydroxyl groups excluding tert-OH is 2. The Balaban J connectivity index is 1.87. The van der Waals surface area contributed by atoms with E-state index in [1.165, 1.54) is 0 Å². The zero-order chi connectivity index (χ0) is 24.0. The highest BCUT2D eigenvalue weighted by Gasteiger charge is 2.65. The molecular formula is C28H37NO4. The Kier molecular flexibility index (Phi) is 6.43. The minimum Gasteiger partial charge on any atom is -0.388 e. The van der Waals surface area contributed by atoms with Gasteiger partial charge in [-0.3, -0.25) is 4.79 Å². The van der Waals surface area contributed by atoms with E-state index in [4.69, 9.17) is 0 Å². The number of carbonyl (C=O) groups is 1. The Labute approximate surface area is 196 Å². The molecule has 0 bridgehead atoms. The van der Waals surface area contributed by atoms with Gasteiger partial charge in [-0.2, -0.15) is 0 Å². The SMILES string of the molecule is CC1=C(C)[C@@H]2[C@H](Cc3ccccc3)NC(=O)[C@]23[C@H](O)/C=C/[C@](C)(O)C[C@@H](C)C/C=C/[C@H]3[C@@H]1O. The van der Waals surface area contributed by atoms with E-state index in [0.717, 1.165) is 23.1 Å². The summed E-state index contributed by atoms with van der Waals surface area (Å²) in [5, 5.41) is 37.0. The number of allylic oxidation sites excluding steroid dienone is 1. The van der Waals surface area contributed by atoms with E-state index in [1.807, 2.05) is 56.3 Å². The predicted molar refractivity (Wildman–Crippen MR) is 129 cm³/mol. The van der Waals surface area contributed by atoms with E-state index in [0.29, 0.717) is 12.8 Å². The lowest BCUT2D eigenvalue weighted by molar-refractivity contribution is -0.141. The molecule has 8 atom stereocenters. The zero-order valence-electron chi connectivity index (χ0n) is 20.0. The third-order valence-corrected chi connectivity index (χ3v) is 8.12. The summed E-state index contributed by atoms with van der Waals surface area (Å²) in [7, 11) is 0. The molecule has 1 aromatic rings. The molecule has 1 saturated heterocycles. The van der Waals surface area contributed by atoms with Crippen LogP contribution in [-0.4, -0.2) is 45.1 Å². The maximum absolute atomic E-state index is 13.8. The summed E-state index contributed by atoms with van der Waals surface area (Å²) in [4.78, 5) is 13.8. The van der Waals surface area contributed by atoms with Gasteiger partial charge in [0.1, 0.15) is 0 Å². The van der Waals surface area contributed by atoms with E-state index in [9.17, 15) is 20.1 Å². The maximum Gasteiger partial charge on any atom is 0.230 e. The predicted octanol–water partition coefficient (Wildman–Crippen LogP) is 3.31. The summed E-state index contributed by atoms with van der Waals surface area (Å²) in [5.74, 6) is -0.879. The van der Waals surface area contributed by atoms with E-state index in [2.05, 4.69) is 12.2 Å². The van der Waals surface area contributed by atoms with Gasteiger partial charge in [-0.15, -0.1) is 0 Å². The number of aliphatic hydroxyl groups is 3. The minimum absolute atomic E-state index is 0.203. The average molecular weight is 452 g/mol. The molecule has 5 heteroatoms. The Morgan fingerprint density at radius 1 is 1.09 bits per heavy atom. The van der Waals surface area contributed by atoms with Crippen LogP contribution < -0.4 is 5.32 Å². The highest BCUT2D eigenvalue weighted by atomic mass is 16.3. The van der Waals surface area contributed by atoms with Crippen LogP contribution in [-0.2, 0) is 11.2 Å². The molecule has 5 nitrogen and oxygen atoms in total. The largest absolute Gasteiger partial charge is 0.388 e. The summed E-state index contributed by atoms with van der Waals surface area (Å²) >= 11 is 0. The molecule has 2 aliphatic carbocycles. The van der Waals surface area contributed by atoms with E-state index < -0.39 is 29.1 Å². The molecular weight excluding hydrogens is 414 g/mol. The van der Waals surface area contributed by atoms with Crippen molar-refractivity contribution in [1.29, 1.82) is 0 Å². The molecule has 0 saturated carbocycles. The standard InChI is InChI=1S/C28H37NO4/c1-17-9-8-12-21-25(31)19(3)18(2)24-22(15-20-10-6-5-7-11-20)29-26(32)28(21,24)23(30)13-14-27(4,33)16-17/h5-8,10-14,17,21-25,30-31,33H,9,15-16H2,1-4H3,(H,29,32)/b12-8+,14-13+/t17-,21-,22-,23+,24+,25+,27-,28+/m0/s1. The average Bonchev–Trinajstić information content (AvgIpc) is 3.04. The molecule has 1 heterocycles. The smallest absolute Gasteiger partial charge is 0.230 e. The van der Waals surface area contributed by atoms with E-state index in [1.54, 1.807) is 19.1 Å². The number of benzene rings is 1. The maximum atomic E-state index is 13.8. The second-order valence-corrected chi connectivity index (χ2v) is 10.7. The second-order valence-electron chi connectivity index (χ2n) is 10.7. The molecule has 0 unspecified atom stereocenters. The van der Waals surface area contributed by atoms with Crippen LogP contribution in [0.5, 0.6) is 0 Å². The molecule has 1 aromatic carbocycles. The lowest BCUT2D eigenvalue weighted by Crippen LogP contribution is -2.57. The molecule has 178 valence electrons. The van der Waals surface area contributed by atoms with Gasteiger partial charge >= 0.3 is 0 Å². The van der Waals surface area contributed by atoms with Gasteiger partial charge in [0.25, 0.3) is 0 Å². The number of amides is 1. The summed E-state index contributed by atoms with van der Waals surface area (Å²) < 4.78 is 0. The Hall–Kier alpha value is -2.21. The van der Waals surface area contributed by atoms with Crippen LogP contribution >= 0.6 is 0 Å². The minimum atomic E-state index is -1.25. The molecule has 3 aliphatic rings. The quantitative estimate of drug-likeness (QED) is 0.520. The van der Waals surface area contributed by atoms with Crippen molar-refractivity contribution in [2.45, 2.75) is 70.8 Å². The molecule has 1 spiro atoms. The van der Waals surface area contributed by atoms with Gasteiger partial charge in [0.2, 0.25) is 5.91 Å². The third kappa shape index (κ3) is 4.11. The van der Waals surface area contributed by atoms with Crippen LogP contribution in [0.1, 0.15) is 46.1 Å². The molecule has 1 fully saturated rings. The number of hydrogen-bond donors (Lipinski definition) is 4. The van der Waals surface area contributed by atoms with Crippen LogP contribution in [0.3, 0.4) is 0 Å². The second kappa shape index (κ2) is 8.86. The van der Waals surface area contributed by atoms with Crippen molar-refractivity contribution in [3.05, 3.63) is 71.3 Å². The lowest BCUT2D eigenvalue weighted by Gasteiger charge is -2.49. The number of hydrogen-bond acceptors (Lipinski definition) is 4. The van der Waals surface area contributed by atoms with Gasteiger partial charge in [-0.25, -0.2) is 0 Å². The Bertz CT molecular complexity index is 979. The van der Waals surface area contributed by atoms with Crippen LogP contribution in [0, 0.1) is 23.2 Å². The summed E-state index contributed by atoms with van der Waals surface area (Å²) in [6, 6.07) is 9.83. The normalized spacial score (nSPS) is 43.2. The Morgan fingerprint density at radius 2 is 1.79 bits per heavy atom. The first kappa shape index (κ1) is 23.9. The Morgan fingerprint density at radius 3 is 2.48 bits per heavy atom. The van der Waals surface area contributed by atoms with Crippen molar-refractivity contribution >= 4 is 5.91 Å². The molecule has 33 heavy (non-hydrogen) atoms. The molecule has 1 amide bonds. The van der Waals surface area contributed by atoms with Crippen molar-refractivity contribution in [2.75, 3.05) is 0 Å². The molecule has 1 aliphatic heterocycles. The van der Waals surface area contributed by atoms with Crippen LogP contribution in [0.25, 0.3) is 0 Å². The van der Waals surface area contributed by atoms with Crippen LogP contribution in [0.4, 0.5) is 0 Å². The van der Waals surface area contributed by atoms with Crippen molar-refractivity contribution in [2.24, 2.45) is 23.2 Å². The van der Waals surface area contributed by atoms with Gasteiger partial charge in [0.15, 0.2) is 0 Å². The zero-order valence-corrected chi connectivity index (χ0v) is 20.0. The lowest BCUT2D eigenvalue weighted by atomic mass is 9.54. The van der Waals surface area contributed by atoms with Gasteiger partial charge in [0.05, 0.1) is 23.2 Å². The van der Waals surface area contributed by atoms with Gasteiger partial charge in [0, 0.05) is 17.9 Å². The topological polar surface area (TPSA) is 89.8 Å². The summed E-state index contributed by atoms with van der Waals surface area (Å²) in [5.41, 5.74) is 0.591. The van der Waals surface area contributed by atoms with E-state index >= 15 is 0 Å². The van der Waals surface area contributed by atoms with Crippen molar-refractivity contribution < 1.29 is 20.1 Å².